The molecule has 8 heteroatoms. The van der Waals surface area contributed by atoms with Gasteiger partial charge in [0.05, 0.1) is 11.7 Å². The number of carbonyl (C=O) groups excluding carboxylic acids is 1. The highest BCUT2D eigenvalue weighted by atomic mass is 16.5. The van der Waals surface area contributed by atoms with Crippen molar-refractivity contribution in [1.29, 1.82) is 0 Å². The number of amides is 1. The molecule has 136 valence electrons. The lowest BCUT2D eigenvalue weighted by Crippen LogP contribution is -2.29. The van der Waals surface area contributed by atoms with Crippen molar-refractivity contribution in [3.63, 3.8) is 0 Å². The van der Waals surface area contributed by atoms with Gasteiger partial charge < -0.3 is 14.6 Å². The van der Waals surface area contributed by atoms with Gasteiger partial charge in [-0.1, -0.05) is 18.2 Å². The maximum absolute atomic E-state index is 12.4. The van der Waals surface area contributed by atoms with Crippen LogP contribution in [0, 0.1) is 0 Å². The molecule has 2 heterocycles. The summed E-state index contributed by atoms with van der Waals surface area (Å²) in [6.45, 7) is 6.25. The SMILES string of the molecule is CC(NC(=O)c1cc(COc2ccccc2)[nH]n1)c1nncn1C(C)C. The predicted octanol–water partition coefficient (Wildman–Crippen LogP) is 2.65. The highest BCUT2D eigenvalue weighted by Gasteiger charge is 2.19. The topological polar surface area (TPSA) is 97.7 Å². The molecule has 0 radical (unpaired) electrons. The molecular formula is C18H22N6O2. The average Bonchev–Trinajstić information content (AvgIpc) is 3.30. The third-order valence-electron chi connectivity index (χ3n) is 3.89. The summed E-state index contributed by atoms with van der Waals surface area (Å²) in [7, 11) is 0. The molecule has 0 saturated carbocycles. The molecule has 0 spiro atoms. The number of para-hydroxylation sites is 1. The van der Waals surface area contributed by atoms with Gasteiger partial charge in [0.25, 0.3) is 5.91 Å². The van der Waals surface area contributed by atoms with Crippen LogP contribution in [0.2, 0.25) is 0 Å². The van der Waals surface area contributed by atoms with Crippen LogP contribution in [0.3, 0.4) is 0 Å². The van der Waals surface area contributed by atoms with Gasteiger partial charge in [0.15, 0.2) is 5.82 Å². The first-order valence-corrected chi connectivity index (χ1v) is 8.47. The molecule has 0 aliphatic carbocycles. The lowest BCUT2D eigenvalue weighted by molar-refractivity contribution is 0.0932. The summed E-state index contributed by atoms with van der Waals surface area (Å²) in [4.78, 5) is 12.4. The van der Waals surface area contributed by atoms with Crippen LogP contribution in [-0.2, 0) is 6.61 Å². The van der Waals surface area contributed by atoms with E-state index in [1.165, 1.54) is 0 Å². The Morgan fingerprint density at radius 1 is 1.27 bits per heavy atom. The van der Waals surface area contributed by atoms with Gasteiger partial charge in [0.1, 0.15) is 24.4 Å². The first-order valence-electron chi connectivity index (χ1n) is 8.47. The number of carbonyl (C=O) groups is 1. The first-order chi connectivity index (χ1) is 12.5. The number of rotatable bonds is 7. The third kappa shape index (κ3) is 4.08. The Labute approximate surface area is 151 Å². The molecule has 3 rings (SSSR count). The first kappa shape index (κ1) is 17.7. The van der Waals surface area contributed by atoms with Gasteiger partial charge in [-0.25, -0.2) is 0 Å². The fourth-order valence-corrected chi connectivity index (χ4v) is 2.52. The molecule has 0 saturated heterocycles. The van der Waals surface area contributed by atoms with Crippen LogP contribution in [-0.4, -0.2) is 30.9 Å². The number of H-pyrrole nitrogens is 1. The molecular weight excluding hydrogens is 332 g/mol. The lowest BCUT2D eigenvalue weighted by Gasteiger charge is -2.16. The van der Waals surface area contributed by atoms with E-state index < -0.39 is 0 Å². The number of aromatic amines is 1. The number of aromatic nitrogens is 5. The lowest BCUT2D eigenvalue weighted by atomic mass is 10.2. The number of ether oxygens (including phenoxy) is 1. The van der Waals surface area contributed by atoms with Crippen molar-refractivity contribution >= 4 is 5.91 Å². The molecule has 0 aliphatic heterocycles. The van der Waals surface area contributed by atoms with Crippen molar-refractivity contribution in [3.8, 4) is 5.75 Å². The van der Waals surface area contributed by atoms with E-state index in [2.05, 4.69) is 25.7 Å². The molecule has 2 N–H and O–H groups in total. The van der Waals surface area contributed by atoms with Gasteiger partial charge in [-0.15, -0.1) is 10.2 Å². The zero-order valence-corrected chi connectivity index (χ0v) is 15.0. The Bertz CT molecular complexity index is 855. The molecule has 0 fully saturated rings. The van der Waals surface area contributed by atoms with E-state index in [0.717, 1.165) is 11.4 Å². The summed E-state index contributed by atoms with van der Waals surface area (Å²) in [6.07, 6.45) is 1.66. The minimum Gasteiger partial charge on any atom is -0.487 e. The standard InChI is InChI=1S/C18H22N6O2/c1-12(2)24-11-19-23-17(24)13(3)20-18(25)16-9-14(21-22-16)10-26-15-7-5-4-6-8-15/h4-9,11-13H,10H2,1-3H3,(H,20,25)(H,21,22). The maximum atomic E-state index is 12.4. The van der Waals surface area contributed by atoms with Crippen LogP contribution < -0.4 is 10.1 Å². The van der Waals surface area contributed by atoms with Crippen molar-refractivity contribution in [2.75, 3.05) is 0 Å². The van der Waals surface area contributed by atoms with E-state index in [9.17, 15) is 4.79 Å². The largest absolute Gasteiger partial charge is 0.487 e. The van der Waals surface area contributed by atoms with E-state index in [1.807, 2.05) is 55.7 Å². The molecule has 3 aromatic rings. The Balaban J connectivity index is 1.60. The zero-order valence-electron chi connectivity index (χ0n) is 15.0. The van der Waals surface area contributed by atoms with Gasteiger partial charge in [-0.3, -0.25) is 9.89 Å². The van der Waals surface area contributed by atoms with Gasteiger partial charge in [0, 0.05) is 6.04 Å². The van der Waals surface area contributed by atoms with E-state index in [0.29, 0.717) is 18.1 Å². The van der Waals surface area contributed by atoms with E-state index in [1.54, 1.807) is 12.4 Å². The minimum atomic E-state index is -0.284. The van der Waals surface area contributed by atoms with E-state index in [-0.39, 0.29) is 18.0 Å². The number of nitrogens with zero attached hydrogens (tertiary/aromatic N) is 4. The number of benzene rings is 1. The highest BCUT2D eigenvalue weighted by Crippen LogP contribution is 2.15. The fourth-order valence-electron chi connectivity index (χ4n) is 2.52. The second kappa shape index (κ2) is 7.81. The van der Waals surface area contributed by atoms with Crippen LogP contribution in [0.4, 0.5) is 0 Å². The zero-order chi connectivity index (χ0) is 18.5. The van der Waals surface area contributed by atoms with Gasteiger partial charge in [-0.05, 0) is 39.0 Å². The smallest absolute Gasteiger partial charge is 0.272 e. The quantitative estimate of drug-likeness (QED) is 0.680. The minimum absolute atomic E-state index is 0.214. The molecule has 1 unspecified atom stereocenters. The van der Waals surface area contributed by atoms with Crippen molar-refractivity contribution < 1.29 is 9.53 Å². The van der Waals surface area contributed by atoms with Crippen LogP contribution in [0.1, 0.15) is 54.9 Å². The van der Waals surface area contributed by atoms with E-state index >= 15 is 0 Å². The molecule has 0 bridgehead atoms. The second-order valence-electron chi connectivity index (χ2n) is 6.27. The van der Waals surface area contributed by atoms with Gasteiger partial charge in [0.2, 0.25) is 0 Å². The summed E-state index contributed by atoms with van der Waals surface area (Å²) in [6, 6.07) is 11.1. The molecule has 26 heavy (non-hydrogen) atoms. The predicted molar refractivity (Wildman–Crippen MR) is 95.6 cm³/mol. The summed E-state index contributed by atoms with van der Waals surface area (Å²) >= 11 is 0. The van der Waals surface area contributed by atoms with Gasteiger partial charge in [-0.2, -0.15) is 5.10 Å². The van der Waals surface area contributed by atoms with Crippen molar-refractivity contribution in [3.05, 3.63) is 59.9 Å². The Morgan fingerprint density at radius 3 is 2.77 bits per heavy atom. The number of hydrogen-bond acceptors (Lipinski definition) is 5. The van der Waals surface area contributed by atoms with Crippen LogP contribution in [0.5, 0.6) is 5.75 Å². The molecule has 8 nitrogen and oxygen atoms in total. The molecule has 1 aromatic carbocycles. The Kier molecular flexibility index (Phi) is 5.31. The van der Waals surface area contributed by atoms with Crippen molar-refractivity contribution in [2.45, 2.75) is 39.5 Å². The number of nitrogens with one attached hydrogen (secondary N) is 2. The Hall–Kier alpha value is -3.16. The highest BCUT2D eigenvalue weighted by molar-refractivity contribution is 5.92. The second-order valence-corrected chi connectivity index (χ2v) is 6.27. The summed E-state index contributed by atoms with van der Waals surface area (Å²) < 4.78 is 7.57. The summed E-state index contributed by atoms with van der Waals surface area (Å²) in [5.74, 6) is 1.18. The van der Waals surface area contributed by atoms with Crippen LogP contribution in [0.15, 0.2) is 42.7 Å². The average molecular weight is 354 g/mol. The normalized spacial score (nSPS) is 12.2. The molecule has 2 aromatic heterocycles. The summed E-state index contributed by atoms with van der Waals surface area (Å²) in [5.41, 5.74) is 1.02. The van der Waals surface area contributed by atoms with Crippen LogP contribution in [0.25, 0.3) is 0 Å². The maximum Gasteiger partial charge on any atom is 0.272 e. The van der Waals surface area contributed by atoms with Crippen LogP contribution >= 0.6 is 0 Å². The van der Waals surface area contributed by atoms with E-state index in [4.69, 9.17) is 4.74 Å². The fraction of sp³-hybridized carbons (Fsp3) is 0.333. The van der Waals surface area contributed by atoms with Gasteiger partial charge >= 0.3 is 0 Å². The number of hydrogen-bond donors (Lipinski definition) is 2. The molecule has 0 aliphatic rings. The van der Waals surface area contributed by atoms with Crippen molar-refractivity contribution in [2.24, 2.45) is 0 Å². The monoisotopic (exact) mass is 354 g/mol. The third-order valence-corrected chi connectivity index (χ3v) is 3.89. The van der Waals surface area contributed by atoms with Crippen molar-refractivity contribution in [1.82, 2.24) is 30.3 Å². The Morgan fingerprint density at radius 2 is 2.04 bits per heavy atom. The molecule has 1 atom stereocenters. The summed E-state index contributed by atoms with van der Waals surface area (Å²) in [5, 5.41) is 17.8. The molecule has 1 amide bonds.